The molecule has 6 nitrogen and oxygen atoms in total. The summed E-state index contributed by atoms with van der Waals surface area (Å²) in [5.74, 6) is 1.45. The molecule has 0 radical (unpaired) electrons. The second kappa shape index (κ2) is 7.48. The van der Waals surface area contributed by atoms with Crippen molar-refractivity contribution < 1.29 is 9.53 Å². The van der Waals surface area contributed by atoms with Crippen LogP contribution in [0.25, 0.3) is 11.4 Å². The first-order chi connectivity index (χ1) is 12.1. The van der Waals surface area contributed by atoms with Gasteiger partial charge in [-0.2, -0.15) is 9.67 Å². The fraction of sp³-hybridized carbons (Fsp3) is 0.278. The standard InChI is InChI=1S/C18H20N4O2S/c1-12(2)17(23)22-18(19-11-15-5-4-10-25-15)20-16(21-22)13-6-8-14(24-3)9-7-13/h4-10,12H,11H2,1-3H3,(H,19,20,21). The Kier molecular flexibility index (Phi) is 5.14. The first-order valence-electron chi connectivity index (χ1n) is 8.00. The van der Waals surface area contributed by atoms with Crippen molar-refractivity contribution in [2.75, 3.05) is 12.4 Å². The van der Waals surface area contributed by atoms with E-state index < -0.39 is 0 Å². The number of carbonyl (C=O) groups is 1. The summed E-state index contributed by atoms with van der Waals surface area (Å²) in [6, 6.07) is 11.5. The summed E-state index contributed by atoms with van der Waals surface area (Å²) in [6.45, 7) is 4.30. The van der Waals surface area contributed by atoms with Gasteiger partial charge < -0.3 is 10.1 Å². The van der Waals surface area contributed by atoms with Crippen molar-refractivity contribution in [2.45, 2.75) is 20.4 Å². The zero-order chi connectivity index (χ0) is 17.8. The highest BCUT2D eigenvalue weighted by atomic mass is 32.1. The Hall–Kier alpha value is -2.67. The van der Waals surface area contributed by atoms with Gasteiger partial charge in [-0.3, -0.25) is 4.79 Å². The van der Waals surface area contributed by atoms with E-state index in [1.54, 1.807) is 18.4 Å². The van der Waals surface area contributed by atoms with E-state index in [1.165, 1.54) is 4.68 Å². The quantitative estimate of drug-likeness (QED) is 0.725. The minimum Gasteiger partial charge on any atom is -0.497 e. The van der Waals surface area contributed by atoms with Gasteiger partial charge in [-0.15, -0.1) is 16.4 Å². The molecule has 0 bridgehead atoms. The summed E-state index contributed by atoms with van der Waals surface area (Å²) >= 11 is 1.65. The lowest BCUT2D eigenvalue weighted by atomic mass is 10.2. The monoisotopic (exact) mass is 356 g/mol. The number of rotatable bonds is 6. The van der Waals surface area contributed by atoms with Crippen LogP contribution in [0.15, 0.2) is 41.8 Å². The first-order valence-corrected chi connectivity index (χ1v) is 8.88. The summed E-state index contributed by atoms with van der Waals surface area (Å²) in [7, 11) is 1.62. The molecule has 0 fully saturated rings. The molecule has 130 valence electrons. The zero-order valence-electron chi connectivity index (χ0n) is 14.4. The molecule has 0 atom stereocenters. The third kappa shape index (κ3) is 3.88. The first kappa shape index (κ1) is 17.2. The smallest absolute Gasteiger partial charge is 0.252 e. The van der Waals surface area contributed by atoms with Crippen LogP contribution < -0.4 is 10.1 Å². The van der Waals surface area contributed by atoms with Gasteiger partial charge in [0.15, 0.2) is 5.82 Å². The molecule has 0 aliphatic heterocycles. The van der Waals surface area contributed by atoms with Crippen LogP contribution in [0.5, 0.6) is 5.75 Å². The van der Waals surface area contributed by atoms with Gasteiger partial charge in [0.25, 0.3) is 5.91 Å². The Morgan fingerprint density at radius 1 is 1.28 bits per heavy atom. The lowest BCUT2D eigenvalue weighted by molar-refractivity contribution is 0.0841. The number of nitrogens with zero attached hydrogens (tertiary/aromatic N) is 3. The molecule has 3 rings (SSSR count). The largest absolute Gasteiger partial charge is 0.497 e. The predicted molar refractivity (Wildman–Crippen MR) is 99.1 cm³/mol. The molecule has 0 aliphatic carbocycles. The van der Waals surface area contributed by atoms with Crippen molar-refractivity contribution >= 4 is 23.2 Å². The van der Waals surface area contributed by atoms with Crippen LogP contribution in [0.3, 0.4) is 0 Å². The summed E-state index contributed by atoms with van der Waals surface area (Å²) in [4.78, 5) is 18.2. The van der Waals surface area contributed by atoms with E-state index in [2.05, 4.69) is 15.4 Å². The van der Waals surface area contributed by atoms with Crippen molar-refractivity contribution in [3.63, 3.8) is 0 Å². The second-order valence-corrected chi connectivity index (χ2v) is 6.86. The van der Waals surface area contributed by atoms with Gasteiger partial charge >= 0.3 is 0 Å². The molecule has 0 saturated heterocycles. The minimum absolute atomic E-state index is 0.0964. The Morgan fingerprint density at radius 3 is 2.64 bits per heavy atom. The number of anilines is 1. The Labute approximate surface area is 150 Å². The van der Waals surface area contributed by atoms with Crippen molar-refractivity contribution in [1.29, 1.82) is 0 Å². The molecule has 1 N–H and O–H groups in total. The number of hydrogen-bond donors (Lipinski definition) is 1. The average molecular weight is 356 g/mol. The third-order valence-electron chi connectivity index (χ3n) is 3.66. The van der Waals surface area contributed by atoms with E-state index in [-0.39, 0.29) is 11.8 Å². The Morgan fingerprint density at radius 2 is 2.04 bits per heavy atom. The Balaban J connectivity index is 1.91. The summed E-state index contributed by atoms with van der Waals surface area (Å²) < 4.78 is 6.53. The highest BCUT2D eigenvalue weighted by Gasteiger charge is 2.19. The number of nitrogens with one attached hydrogen (secondary N) is 1. The molecule has 3 aromatic rings. The minimum atomic E-state index is -0.173. The number of methoxy groups -OCH3 is 1. The maximum atomic E-state index is 12.5. The molecular formula is C18H20N4O2S. The number of ether oxygens (including phenoxy) is 1. The Bertz CT molecular complexity index is 839. The molecule has 1 aromatic carbocycles. The highest BCUT2D eigenvalue weighted by molar-refractivity contribution is 7.09. The van der Waals surface area contributed by atoms with Gasteiger partial charge in [-0.1, -0.05) is 19.9 Å². The van der Waals surface area contributed by atoms with Crippen molar-refractivity contribution in [3.8, 4) is 17.1 Å². The van der Waals surface area contributed by atoms with E-state index in [4.69, 9.17) is 4.74 Å². The second-order valence-electron chi connectivity index (χ2n) is 5.83. The van der Waals surface area contributed by atoms with Gasteiger partial charge in [-0.25, -0.2) is 0 Å². The van der Waals surface area contributed by atoms with Gasteiger partial charge in [0.2, 0.25) is 5.95 Å². The van der Waals surface area contributed by atoms with Gasteiger partial charge in [0.05, 0.1) is 13.7 Å². The van der Waals surface area contributed by atoms with Gasteiger partial charge in [-0.05, 0) is 35.7 Å². The number of hydrogen-bond acceptors (Lipinski definition) is 6. The normalized spacial score (nSPS) is 10.9. The fourth-order valence-electron chi connectivity index (χ4n) is 2.27. The van der Waals surface area contributed by atoms with E-state index in [1.807, 2.05) is 55.6 Å². The molecule has 0 aliphatic rings. The van der Waals surface area contributed by atoms with Crippen LogP contribution in [0.4, 0.5) is 5.95 Å². The molecule has 0 spiro atoms. The molecule has 0 unspecified atom stereocenters. The van der Waals surface area contributed by atoms with Crippen LogP contribution >= 0.6 is 11.3 Å². The van der Waals surface area contributed by atoms with Crippen molar-refractivity contribution in [1.82, 2.24) is 14.8 Å². The molecule has 2 aromatic heterocycles. The van der Waals surface area contributed by atoms with Crippen LogP contribution in [0.2, 0.25) is 0 Å². The number of thiophene rings is 1. The molecule has 0 amide bonds. The molecule has 0 saturated carbocycles. The maximum Gasteiger partial charge on any atom is 0.252 e. The van der Waals surface area contributed by atoms with Gasteiger partial charge in [0, 0.05) is 16.4 Å². The fourth-order valence-corrected chi connectivity index (χ4v) is 2.91. The molecule has 2 heterocycles. The van der Waals surface area contributed by atoms with Crippen molar-refractivity contribution in [3.05, 3.63) is 46.7 Å². The lowest BCUT2D eigenvalue weighted by Crippen LogP contribution is -2.21. The zero-order valence-corrected chi connectivity index (χ0v) is 15.2. The van der Waals surface area contributed by atoms with E-state index in [0.29, 0.717) is 18.3 Å². The predicted octanol–water partition coefficient (Wildman–Crippen LogP) is 3.92. The summed E-state index contributed by atoms with van der Waals surface area (Å²) in [6.07, 6.45) is 0. The topological polar surface area (TPSA) is 69.0 Å². The average Bonchev–Trinajstić information content (AvgIpc) is 3.29. The lowest BCUT2D eigenvalue weighted by Gasteiger charge is -2.07. The van der Waals surface area contributed by atoms with E-state index in [9.17, 15) is 4.79 Å². The van der Waals surface area contributed by atoms with Crippen LogP contribution in [0.1, 0.15) is 23.5 Å². The number of aromatic nitrogens is 3. The summed E-state index contributed by atoms with van der Waals surface area (Å²) in [5.41, 5.74) is 0.829. The summed E-state index contributed by atoms with van der Waals surface area (Å²) in [5, 5.41) is 9.65. The SMILES string of the molecule is COc1ccc(-c2nc(NCc3cccs3)n(C(=O)C(C)C)n2)cc1. The third-order valence-corrected chi connectivity index (χ3v) is 4.54. The van der Waals surface area contributed by atoms with Crippen LogP contribution in [0, 0.1) is 5.92 Å². The highest BCUT2D eigenvalue weighted by Crippen LogP contribution is 2.22. The molecule has 25 heavy (non-hydrogen) atoms. The maximum absolute atomic E-state index is 12.5. The van der Waals surface area contributed by atoms with Crippen LogP contribution in [-0.2, 0) is 6.54 Å². The van der Waals surface area contributed by atoms with Gasteiger partial charge in [0.1, 0.15) is 5.75 Å². The number of carbonyl (C=O) groups excluding carboxylic acids is 1. The van der Waals surface area contributed by atoms with Crippen LogP contribution in [-0.4, -0.2) is 27.8 Å². The van der Waals surface area contributed by atoms with E-state index >= 15 is 0 Å². The van der Waals surface area contributed by atoms with Crippen molar-refractivity contribution in [2.24, 2.45) is 5.92 Å². The molecular weight excluding hydrogens is 336 g/mol. The number of benzene rings is 1. The molecule has 7 heteroatoms. The van der Waals surface area contributed by atoms with E-state index in [0.717, 1.165) is 16.2 Å².